The molecule has 0 saturated carbocycles. The number of aromatic nitrogens is 1. The monoisotopic (exact) mass is 429 g/mol. The van der Waals surface area contributed by atoms with Crippen molar-refractivity contribution in [2.24, 2.45) is 0 Å². The van der Waals surface area contributed by atoms with Crippen LogP contribution in [0.1, 0.15) is 22.7 Å². The molecule has 1 aromatic carbocycles. The van der Waals surface area contributed by atoms with Gasteiger partial charge in [-0.15, -0.1) is 0 Å². The lowest BCUT2D eigenvalue weighted by molar-refractivity contribution is -0.140. The minimum Gasteiger partial charge on any atom is -0.507 e. The molecule has 3 rings (SSSR count). The van der Waals surface area contributed by atoms with Crippen LogP contribution in [-0.2, 0) is 9.59 Å². The molecule has 1 saturated heterocycles. The molecule has 158 valence electrons. The number of rotatable bonds is 6. The second-order valence-corrected chi connectivity index (χ2v) is 7.81. The fraction of sp³-hybridized carbons (Fsp3) is 0.318. The molecule has 0 radical (unpaired) electrons. The molecule has 0 aliphatic carbocycles. The van der Waals surface area contributed by atoms with E-state index in [1.807, 2.05) is 25.9 Å². The summed E-state index contributed by atoms with van der Waals surface area (Å²) in [6, 6.07) is 6.10. The first-order valence-corrected chi connectivity index (χ1v) is 9.81. The summed E-state index contributed by atoms with van der Waals surface area (Å²) >= 11 is 6.28. The van der Waals surface area contributed by atoms with Crippen molar-refractivity contribution in [3.8, 4) is 5.75 Å². The van der Waals surface area contributed by atoms with E-state index in [0.717, 1.165) is 5.56 Å². The fourth-order valence-corrected chi connectivity index (χ4v) is 3.92. The number of nitrogens with zero attached hydrogens (tertiary/aromatic N) is 3. The van der Waals surface area contributed by atoms with Gasteiger partial charge in [-0.1, -0.05) is 11.6 Å². The number of Topliss-reactive ketones (excluding diaryl/α,β-unsaturated/α-hetero) is 1. The number of amides is 1. The smallest absolute Gasteiger partial charge is 0.295 e. The zero-order chi connectivity index (χ0) is 22.0. The van der Waals surface area contributed by atoms with Gasteiger partial charge in [0.1, 0.15) is 11.5 Å². The van der Waals surface area contributed by atoms with Gasteiger partial charge < -0.3 is 19.6 Å². The quantitative estimate of drug-likeness (QED) is 0.431. The largest absolute Gasteiger partial charge is 0.507 e. The minimum absolute atomic E-state index is 0.00456. The second-order valence-electron chi connectivity index (χ2n) is 7.40. The van der Waals surface area contributed by atoms with Crippen LogP contribution in [0.25, 0.3) is 5.76 Å². The molecule has 1 amide bonds. The SMILES string of the molecule is COc1c(Cl)cc(C)cc1/C(O)=C1\C(=O)C(=O)N(CCN(C)C)C1c1ccncc1. The third-order valence-electron chi connectivity index (χ3n) is 5.00. The van der Waals surface area contributed by atoms with Crippen LogP contribution in [0, 0.1) is 6.92 Å². The third kappa shape index (κ3) is 4.04. The van der Waals surface area contributed by atoms with Gasteiger partial charge in [0.2, 0.25) is 0 Å². The number of pyridine rings is 1. The summed E-state index contributed by atoms with van der Waals surface area (Å²) in [5.74, 6) is -1.47. The molecule has 1 aliphatic heterocycles. The molecule has 1 fully saturated rings. The number of halogens is 1. The average Bonchev–Trinajstić information content (AvgIpc) is 2.96. The topological polar surface area (TPSA) is 83.0 Å². The number of carbonyl (C=O) groups is 2. The highest BCUT2D eigenvalue weighted by molar-refractivity contribution is 6.46. The zero-order valence-corrected chi connectivity index (χ0v) is 18.1. The lowest BCUT2D eigenvalue weighted by Crippen LogP contribution is -2.35. The van der Waals surface area contributed by atoms with Crippen molar-refractivity contribution >= 4 is 29.1 Å². The normalized spacial score (nSPS) is 18.3. The van der Waals surface area contributed by atoms with Crippen molar-refractivity contribution < 1.29 is 19.4 Å². The number of carbonyl (C=O) groups excluding carboxylic acids is 2. The molecule has 7 nitrogen and oxygen atoms in total. The van der Waals surface area contributed by atoms with Gasteiger partial charge in [-0.2, -0.15) is 0 Å². The van der Waals surface area contributed by atoms with Crippen LogP contribution in [0.2, 0.25) is 5.02 Å². The number of benzene rings is 1. The van der Waals surface area contributed by atoms with Crippen LogP contribution in [0.4, 0.5) is 0 Å². The van der Waals surface area contributed by atoms with E-state index >= 15 is 0 Å². The molecule has 2 heterocycles. The van der Waals surface area contributed by atoms with E-state index in [9.17, 15) is 14.7 Å². The Kier molecular flexibility index (Phi) is 6.43. The number of methoxy groups -OCH3 is 1. The van der Waals surface area contributed by atoms with Gasteiger partial charge in [-0.05, 0) is 56.4 Å². The molecule has 0 spiro atoms. The van der Waals surface area contributed by atoms with Gasteiger partial charge in [-0.3, -0.25) is 14.6 Å². The van der Waals surface area contributed by atoms with Crippen molar-refractivity contribution in [2.45, 2.75) is 13.0 Å². The maximum Gasteiger partial charge on any atom is 0.295 e. The second kappa shape index (κ2) is 8.85. The lowest BCUT2D eigenvalue weighted by Gasteiger charge is -2.26. The highest BCUT2D eigenvalue weighted by atomic mass is 35.5. The predicted octanol–water partition coefficient (Wildman–Crippen LogP) is 3.04. The lowest BCUT2D eigenvalue weighted by atomic mass is 9.95. The number of hydrogen-bond acceptors (Lipinski definition) is 6. The van der Waals surface area contributed by atoms with Gasteiger partial charge in [0.05, 0.1) is 29.3 Å². The van der Waals surface area contributed by atoms with Crippen LogP contribution in [-0.4, -0.2) is 65.9 Å². The van der Waals surface area contributed by atoms with Crippen LogP contribution in [0.5, 0.6) is 5.75 Å². The fourth-order valence-electron chi connectivity index (χ4n) is 3.57. The molecular weight excluding hydrogens is 406 g/mol. The summed E-state index contributed by atoms with van der Waals surface area (Å²) in [4.78, 5) is 33.3. The summed E-state index contributed by atoms with van der Waals surface area (Å²) in [5.41, 5.74) is 1.74. The van der Waals surface area contributed by atoms with Crippen LogP contribution < -0.4 is 4.74 Å². The number of aryl methyl sites for hydroxylation is 1. The van der Waals surface area contributed by atoms with Gasteiger partial charge in [0.25, 0.3) is 11.7 Å². The highest BCUT2D eigenvalue weighted by Gasteiger charge is 2.46. The maximum atomic E-state index is 13.0. The number of aliphatic hydroxyl groups is 1. The van der Waals surface area contributed by atoms with Gasteiger partial charge in [0, 0.05) is 25.5 Å². The van der Waals surface area contributed by atoms with Crippen LogP contribution >= 0.6 is 11.6 Å². The predicted molar refractivity (Wildman–Crippen MR) is 115 cm³/mol. The number of likely N-dealkylation sites (N-methyl/N-ethyl adjacent to an activating group) is 1. The molecule has 1 aromatic heterocycles. The van der Waals surface area contributed by atoms with E-state index in [1.54, 1.807) is 36.7 Å². The highest BCUT2D eigenvalue weighted by Crippen LogP contribution is 2.42. The molecule has 1 unspecified atom stereocenters. The van der Waals surface area contributed by atoms with E-state index in [1.165, 1.54) is 12.0 Å². The van der Waals surface area contributed by atoms with Crippen molar-refractivity contribution in [1.29, 1.82) is 0 Å². The van der Waals surface area contributed by atoms with E-state index < -0.39 is 17.7 Å². The molecule has 0 bridgehead atoms. The first kappa shape index (κ1) is 21.8. The minimum atomic E-state index is -0.743. The molecule has 1 aliphatic rings. The Morgan fingerprint density at radius 1 is 1.27 bits per heavy atom. The Morgan fingerprint density at radius 3 is 2.53 bits per heavy atom. The first-order chi connectivity index (χ1) is 14.3. The molecule has 8 heteroatoms. The number of aliphatic hydroxyl groups excluding tert-OH is 1. The van der Waals surface area contributed by atoms with Gasteiger partial charge in [0.15, 0.2) is 0 Å². The first-order valence-electron chi connectivity index (χ1n) is 9.43. The van der Waals surface area contributed by atoms with E-state index in [0.29, 0.717) is 23.7 Å². The van der Waals surface area contributed by atoms with Crippen LogP contribution in [0.3, 0.4) is 0 Å². The molecule has 1 atom stereocenters. The number of ether oxygens (including phenoxy) is 1. The molecule has 1 N–H and O–H groups in total. The van der Waals surface area contributed by atoms with Crippen molar-refractivity contribution in [1.82, 2.24) is 14.8 Å². The Balaban J connectivity index is 2.23. The van der Waals surface area contributed by atoms with Crippen molar-refractivity contribution in [3.63, 3.8) is 0 Å². The van der Waals surface area contributed by atoms with E-state index in [-0.39, 0.29) is 22.6 Å². The Morgan fingerprint density at radius 2 is 1.93 bits per heavy atom. The van der Waals surface area contributed by atoms with Gasteiger partial charge >= 0.3 is 0 Å². The number of ketones is 1. The standard InChI is InChI=1S/C22H24ClN3O4/c1-13-11-15(21(30-4)16(23)12-13)19(27)17-18(14-5-7-24-8-6-14)26(10-9-25(2)3)22(29)20(17)28/h5-8,11-12,18,27H,9-10H2,1-4H3/b19-17+. The Bertz CT molecular complexity index is 1000. The summed E-state index contributed by atoms with van der Waals surface area (Å²) in [7, 11) is 5.21. The van der Waals surface area contributed by atoms with E-state index in [4.69, 9.17) is 16.3 Å². The number of likely N-dealkylation sites (tertiary alicyclic amines) is 1. The molecular formula is C22H24ClN3O4. The van der Waals surface area contributed by atoms with Crippen LogP contribution in [0.15, 0.2) is 42.2 Å². The van der Waals surface area contributed by atoms with Crippen molar-refractivity contribution in [3.05, 3.63) is 63.9 Å². The third-order valence-corrected chi connectivity index (χ3v) is 5.28. The summed E-state index contributed by atoms with van der Waals surface area (Å²) in [6.45, 7) is 2.71. The number of hydrogen-bond donors (Lipinski definition) is 1. The zero-order valence-electron chi connectivity index (χ0n) is 17.3. The maximum absolute atomic E-state index is 13.0. The summed E-state index contributed by atoms with van der Waals surface area (Å²) in [6.07, 6.45) is 3.18. The summed E-state index contributed by atoms with van der Waals surface area (Å²) < 4.78 is 5.37. The molecule has 30 heavy (non-hydrogen) atoms. The van der Waals surface area contributed by atoms with Gasteiger partial charge in [-0.25, -0.2) is 0 Å². The average molecular weight is 430 g/mol. The van der Waals surface area contributed by atoms with Crippen molar-refractivity contribution in [2.75, 3.05) is 34.3 Å². The van der Waals surface area contributed by atoms with E-state index in [2.05, 4.69) is 4.98 Å². The Labute approximate surface area is 180 Å². The molecule has 2 aromatic rings. The summed E-state index contributed by atoms with van der Waals surface area (Å²) in [5, 5.41) is 11.5. The Hall–Kier alpha value is -2.90.